The highest BCUT2D eigenvalue weighted by Gasteiger charge is 2.27. The van der Waals surface area contributed by atoms with Gasteiger partial charge < -0.3 is 14.9 Å². The van der Waals surface area contributed by atoms with E-state index in [4.69, 9.17) is 5.11 Å². The van der Waals surface area contributed by atoms with Gasteiger partial charge in [-0.2, -0.15) is 0 Å². The molecule has 0 fully saturated rings. The van der Waals surface area contributed by atoms with Crippen molar-refractivity contribution < 1.29 is 14.7 Å². The summed E-state index contributed by atoms with van der Waals surface area (Å²) in [4.78, 5) is 26.4. The molecule has 0 heterocycles. The van der Waals surface area contributed by atoms with Crippen LogP contribution in [0.3, 0.4) is 0 Å². The second-order valence-corrected chi connectivity index (χ2v) is 5.65. The van der Waals surface area contributed by atoms with Crippen molar-refractivity contribution in [2.75, 3.05) is 13.6 Å². The number of aliphatic carboxylic acids is 1. The van der Waals surface area contributed by atoms with Gasteiger partial charge in [-0.3, -0.25) is 4.79 Å². The predicted octanol–water partition coefficient (Wildman–Crippen LogP) is 2.66. The molecule has 0 aromatic heterocycles. The molecule has 0 saturated carbocycles. The van der Waals surface area contributed by atoms with E-state index in [1.807, 2.05) is 20.8 Å². The molecule has 0 aliphatic heterocycles. The molecule has 19 heavy (non-hydrogen) atoms. The van der Waals surface area contributed by atoms with Crippen molar-refractivity contribution in [2.24, 2.45) is 5.92 Å². The number of urea groups is 1. The van der Waals surface area contributed by atoms with Crippen molar-refractivity contribution in [3.63, 3.8) is 0 Å². The van der Waals surface area contributed by atoms with Crippen LogP contribution in [0.15, 0.2) is 0 Å². The third kappa shape index (κ3) is 5.94. The summed E-state index contributed by atoms with van der Waals surface area (Å²) in [6, 6.07) is -0.171. The van der Waals surface area contributed by atoms with E-state index >= 15 is 0 Å². The van der Waals surface area contributed by atoms with Gasteiger partial charge in [-0.15, -0.1) is 0 Å². The van der Waals surface area contributed by atoms with E-state index in [2.05, 4.69) is 13.8 Å². The molecule has 0 saturated heterocycles. The van der Waals surface area contributed by atoms with Gasteiger partial charge in [0.1, 0.15) is 6.54 Å². The SMILES string of the molecule is CCC(C)N(CC(=O)O)C(=O)N(C)C(C)CC(C)C. The van der Waals surface area contributed by atoms with Crippen LogP contribution in [0.5, 0.6) is 0 Å². The first-order valence-corrected chi connectivity index (χ1v) is 6.95. The molecule has 0 aromatic carbocycles. The smallest absolute Gasteiger partial charge is 0.323 e. The standard InChI is InChI=1S/C14H28N2O3/c1-7-11(4)16(9-13(17)18)14(19)15(6)12(5)8-10(2)3/h10-12H,7-9H2,1-6H3,(H,17,18). The Labute approximate surface area is 116 Å². The van der Waals surface area contributed by atoms with Crippen LogP contribution in [0.1, 0.15) is 47.5 Å². The number of rotatable bonds is 7. The average Bonchev–Trinajstić information content (AvgIpc) is 2.32. The molecule has 0 spiro atoms. The van der Waals surface area contributed by atoms with Crippen LogP contribution < -0.4 is 0 Å². The Morgan fingerprint density at radius 1 is 1.11 bits per heavy atom. The molecule has 2 unspecified atom stereocenters. The van der Waals surface area contributed by atoms with E-state index in [1.54, 1.807) is 11.9 Å². The lowest BCUT2D eigenvalue weighted by Crippen LogP contribution is -2.50. The summed E-state index contributed by atoms with van der Waals surface area (Å²) in [6.45, 7) is 9.79. The van der Waals surface area contributed by atoms with Crippen molar-refractivity contribution in [3.05, 3.63) is 0 Å². The number of amides is 2. The maximum absolute atomic E-state index is 12.4. The Hall–Kier alpha value is -1.26. The van der Waals surface area contributed by atoms with Gasteiger partial charge in [0.25, 0.3) is 0 Å². The number of hydrogen-bond donors (Lipinski definition) is 1. The quantitative estimate of drug-likeness (QED) is 0.775. The lowest BCUT2D eigenvalue weighted by molar-refractivity contribution is -0.138. The summed E-state index contributed by atoms with van der Waals surface area (Å²) in [7, 11) is 1.74. The predicted molar refractivity (Wildman–Crippen MR) is 76.2 cm³/mol. The second-order valence-electron chi connectivity index (χ2n) is 5.65. The van der Waals surface area contributed by atoms with Gasteiger partial charge in [-0.05, 0) is 32.6 Å². The fourth-order valence-corrected chi connectivity index (χ4v) is 2.01. The summed E-state index contributed by atoms with van der Waals surface area (Å²) in [5.41, 5.74) is 0. The van der Waals surface area contributed by atoms with Gasteiger partial charge in [0.15, 0.2) is 0 Å². The molecule has 0 bridgehead atoms. The molecule has 2 amide bonds. The average molecular weight is 272 g/mol. The molecule has 5 heteroatoms. The van der Waals surface area contributed by atoms with E-state index in [-0.39, 0.29) is 24.7 Å². The zero-order chi connectivity index (χ0) is 15.2. The van der Waals surface area contributed by atoms with Crippen LogP contribution in [-0.4, -0.2) is 52.6 Å². The Bertz CT molecular complexity index is 305. The highest BCUT2D eigenvalue weighted by Crippen LogP contribution is 2.14. The molecule has 5 nitrogen and oxygen atoms in total. The van der Waals surface area contributed by atoms with Crippen LogP contribution in [0, 0.1) is 5.92 Å². The van der Waals surface area contributed by atoms with E-state index < -0.39 is 5.97 Å². The van der Waals surface area contributed by atoms with Crippen molar-refractivity contribution in [2.45, 2.75) is 59.5 Å². The molecule has 0 radical (unpaired) electrons. The second kappa shape index (κ2) is 8.02. The van der Waals surface area contributed by atoms with E-state index in [9.17, 15) is 9.59 Å². The molecule has 2 atom stereocenters. The van der Waals surface area contributed by atoms with Crippen LogP contribution in [0.4, 0.5) is 4.79 Å². The highest BCUT2D eigenvalue weighted by atomic mass is 16.4. The van der Waals surface area contributed by atoms with Crippen LogP contribution in [-0.2, 0) is 4.79 Å². The zero-order valence-electron chi connectivity index (χ0n) is 13.0. The van der Waals surface area contributed by atoms with Gasteiger partial charge >= 0.3 is 12.0 Å². The van der Waals surface area contributed by atoms with Gasteiger partial charge in [0, 0.05) is 19.1 Å². The van der Waals surface area contributed by atoms with E-state index in [1.165, 1.54) is 4.90 Å². The Morgan fingerprint density at radius 2 is 1.63 bits per heavy atom. The van der Waals surface area contributed by atoms with E-state index in [0.717, 1.165) is 12.8 Å². The summed E-state index contributed by atoms with van der Waals surface area (Å²) in [6.07, 6.45) is 1.65. The Morgan fingerprint density at radius 3 is 2.00 bits per heavy atom. The molecule has 1 N–H and O–H groups in total. The molecule has 112 valence electrons. The maximum Gasteiger partial charge on any atom is 0.323 e. The summed E-state index contributed by atoms with van der Waals surface area (Å²) in [5.74, 6) is -0.472. The molecule has 0 aromatic rings. The number of carboxylic acids is 1. The number of carbonyl (C=O) groups excluding carboxylic acids is 1. The lowest BCUT2D eigenvalue weighted by Gasteiger charge is -2.34. The monoisotopic (exact) mass is 272 g/mol. The molecule has 0 aliphatic rings. The number of hydrogen-bond acceptors (Lipinski definition) is 2. The minimum Gasteiger partial charge on any atom is -0.480 e. The fourth-order valence-electron chi connectivity index (χ4n) is 2.01. The van der Waals surface area contributed by atoms with Gasteiger partial charge in [0.2, 0.25) is 0 Å². The molecule has 0 aliphatic carbocycles. The van der Waals surface area contributed by atoms with Gasteiger partial charge in [-0.1, -0.05) is 20.8 Å². The topological polar surface area (TPSA) is 60.9 Å². The first kappa shape index (κ1) is 17.7. The minimum absolute atomic E-state index is 0.0719. The van der Waals surface area contributed by atoms with Crippen molar-refractivity contribution in [1.29, 1.82) is 0 Å². The van der Waals surface area contributed by atoms with Crippen molar-refractivity contribution in [3.8, 4) is 0 Å². The van der Waals surface area contributed by atoms with Gasteiger partial charge in [-0.25, -0.2) is 4.79 Å². The summed E-state index contributed by atoms with van der Waals surface area (Å²) < 4.78 is 0. The van der Waals surface area contributed by atoms with Crippen molar-refractivity contribution >= 4 is 12.0 Å². The van der Waals surface area contributed by atoms with Gasteiger partial charge in [0.05, 0.1) is 0 Å². The third-order valence-electron chi connectivity index (χ3n) is 3.45. The van der Waals surface area contributed by atoms with Crippen molar-refractivity contribution in [1.82, 2.24) is 9.80 Å². The van der Waals surface area contributed by atoms with E-state index in [0.29, 0.717) is 5.92 Å². The molecule has 0 rings (SSSR count). The number of carbonyl (C=O) groups is 2. The third-order valence-corrected chi connectivity index (χ3v) is 3.45. The largest absolute Gasteiger partial charge is 0.480 e. The van der Waals surface area contributed by atoms with Crippen LogP contribution in [0.25, 0.3) is 0 Å². The Kier molecular flexibility index (Phi) is 7.49. The minimum atomic E-state index is -0.974. The zero-order valence-corrected chi connectivity index (χ0v) is 13.0. The molecular formula is C14H28N2O3. The van der Waals surface area contributed by atoms with Crippen LogP contribution in [0.2, 0.25) is 0 Å². The maximum atomic E-state index is 12.4. The first-order valence-electron chi connectivity index (χ1n) is 6.95. The lowest BCUT2D eigenvalue weighted by atomic mass is 10.0. The fraction of sp³-hybridized carbons (Fsp3) is 0.857. The highest BCUT2D eigenvalue weighted by molar-refractivity contribution is 5.80. The number of carboxylic acid groups (broad SMARTS) is 1. The van der Waals surface area contributed by atoms with Crippen LogP contribution >= 0.6 is 0 Å². The normalized spacial score (nSPS) is 14.1. The summed E-state index contributed by atoms with van der Waals surface area (Å²) >= 11 is 0. The Balaban J connectivity index is 4.82. The molecular weight excluding hydrogens is 244 g/mol. The first-order chi connectivity index (χ1) is 8.70. The number of nitrogens with zero attached hydrogens (tertiary/aromatic N) is 2. The summed E-state index contributed by atoms with van der Waals surface area (Å²) in [5, 5.41) is 8.93.